The predicted octanol–water partition coefficient (Wildman–Crippen LogP) is 7.47. The molecule has 0 heteroatoms. The third-order valence-electron chi connectivity index (χ3n) is 5.05. The molecule has 0 aliphatic rings. The third-order valence-corrected chi connectivity index (χ3v) is 5.05. The number of fused-ring (bicyclic) bond motifs is 1. The van der Waals surface area contributed by atoms with Crippen molar-refractivity contribution in [2.45, 2.75) is 26.2 Å². The van der Waals surface area contributed by atoms with E-state index in [-0.39, 0.29) is 5.41 Å². The van der Waals surface area contributed by atoms with E-state index in [0.717, 1.165) is 0 Å². The lowest BCUT2D eigenvalue weighted by molar-refractivity contribution is 0.590. The van der Waals surface area contributed by atoms with Crippen LogP contribution in [0.15, 0.2) is 91.0 Å². The fourth-order valence-corrected chi connectivity index (χ4v) is 3.50. The van der Waals surface area contributed by atoms with E-state index >= 15 is 0 Å². The van der Waals surface area contributed by atoms with Crippen molar-refractivity contribution in [1.29, 1.82) is 0 Å². The molecule has 0 unspecified atom stereocenters. The molecule has 0 nitrogen and oxygen atoms in total. The Hall–Kier alpha value is -2.86. The summed E-state index contributed by atoms with van der Waals surface area (Å²) in [6.07, 6.45) is 0. The topological polar surface area (TPSA) is 0 Å². The van der Waals surface area contributed by atoms with E-state index in [2.05, 4.69) is 112 Å². The van der Waals surface area contributed by atoms with Gasteiger partial charge in [-0.25, -0.2) is 0 Å². The lowest BCUT2D eigenvalue weighted by Crippen LogP contribution is -2.10. The van der Waals surface area contributed by atoms with Crippen LogP contribution >= 0.6 is 0 Å². The molecule has 0 heterocycles. The van der Waals surface area contributed by atoms with Gasteiger partial charge in [-0.15, -0.1) is 0 Å². The van der Waals surface area contributed by atoms with E-state index in [9.17, 15) is 0 Å². The fraction of sp³-hybridized carbons (Fsp3) is 0.154. The van der Waals surface area contributed by atoms with Crippen molar-refractivity contribution >= 4 is 10.8 Å². The summed E-state index contributed by atoms with van der Waals surface area (Å²) in [5.74, 6) is 0. The second-order valence-corrected chi connectivity index (χ2v) is 7.93. The Kier molecular flexibility index (Phi) is 4.12. The number of rotatable bonds is 2. The first-order valence-corrected chi connectivity index (χ1v) is 9.21. The van der Waals surface area contributed by atoms with Gasteiger partial charge in [-0.3, -0.25) is 0 Å². The first-order valence-electron chi connectivity index (χ1n) is 9.21. The van der Waals surface area contributed by atoms with Gasteiger partial charge in [-0.05, 0) is 50.1 Å². The maximum Gasteiger partial charge on any atom is -0.0105 e. The highest BCUT2D eigenvalue weighted by Gasteiger charge is 2.13. The molecule has 128 valence electrons. The van der Waals surface area contributed by atoms with Gasteiger partial charge in [0.15, 0.2) is 0 Å². The molecule has 0 atom stereocenters. The van der Waals surface area contributed by atoms with Crippen LogP contribution in [0, 0.1) is 0 Å². The summed E-state index contributed by atoms with van der Waals surface area (Å²) in [5.41, 5.74) is 6.64. The summed E-state index contributed by atoms with van der Waals surface area (Å²) in [6, 6.07) is 32.9. The molecule has 0 amide bonds. The second kappa shape index (κ2) is 6.46. The van der Waals surface area contributed by atoms with Crippen molar-refractivity contribution in [3.05, 3.63) is 96.6 Å². The predicted molar refractivity (Wildman–Crippen MR) is 114 cm³/mol. The molecule has 0 saturated carbocycles. The van der Waals surface area contributed by atoms with Gasteiger partial charge in [0.1, 0.15) is 0 Å². The summed E-state index contributed by atoms with van der Waals surface area (Å²) >= 11 is 0. The number of benzene rings is 4. The fourth-order valence-electron chi connectivity index (χ4n) is 3.50. The SMILES string of the molecule is CC(C)(C)c1ccc(-c2cccc3cc(-c4ccccc4)ccc23)cc1. The van der Waals surface area contributed by atoms with E-state index in [1.165, 1.54) is 38.6 Å². The number of hydrogen-bond donors (Lipinski definition) is 0. The Bertz CT molecular complexity index is 1030. The molecule has 4 aromatic rings. The molecule has 0 bridgehead atoms. The molecule has 0 radical (unpaired) electrons. The molecule has 0 aromatic heterocycles. The first-order chi connectivity index (χ1) is 12.5. The summed E-state index contributed by atoms with van der Waals surface area (Å²) in [7, 11) is 0. The van der Waals surface area contributed by atoms with Crippen molar-refractivity contribution in [3.63, 3.8) is 0 Å². The quantitative estimate of drug-likeness (QED) is 0.356. The normalized spacial score (nSPS) is 11.7. The van der Waals surface area contributed by atoms with Crippen LogP contribution < -0.4 is 0 Å². The highest BCUT2D eigenvalue weighted by atomic mass is 14.2. The summed E-state index contributed by atoms with van der Waals surface area (Å²) in [6.45, 7) is 6.76. The molecule has 0 saturated heterocycles. The Morgan fingerprint density at radius 2 is 1.23 bits per heavy atom. The average molecular weight is 336 g/mol. The van der Waals surface area contributed by atoms with Crippen molar-refractivity contribution in [3.8, 4) is 22.3 Å². The maximum atomic E-state index is 2.29. The number of hydrogen-bond acceptors (Lipinski definition) is 0. The summed E-state index contributed by atoms with van der Waals surface area (Å²) in [4.78, 5) is 0. The van der Waals surface area contributed by atoms with Crippen LogP contribution in [-0.4, -0.2) is 0 Å². The zero-order valence-corrected chi connectivity index (χ0v) is 15.7. The highest BCUT2D eigenvalue weighted by Crippen LogP contribution is 2.33. The average Bonchev–Trinajstić information content (AvgIpc) is 2.67. The van der Waals surface area contributed by atoms with Crippen molar-refractivity contribution < 1.29 is 0 Å². The van der Waals surface area contributed by atoms with Crippen LogP contribution in [0.5, 0.6) is 0 Å². The van der Waals surface area contributed by atoms with Crippen LogP contribution in [0.4, 0.5) is 0 Å². The van der Waals surface area contributed by atoms with Crippen LogP contribution in [0.1, 0.15) is 26.3 Å². The van der Waals surface area contributed by atoms with E-state index in [1.807, 2.05) is 0 Å². The minimum atomic E-state index is 0.182. The lowest BCUT2D eigenvalue weighted by Gasteiger charge is -2.19. The molecule has 4 aromatic carbocycles. The minimum absolute atomic E-state index is 0.182. The molecule has 0 aliphatic heterocycles. The van der Waals surface area contributed by atoms with E-state index in [1.54, 1.807) is 0 Å². The zero-order chi connectivity index (χ0) is 18.1. The third kappa shape index (κ3) is 3.15. The minimum Gasteiger partial charge on any atom is -0.0622 e. The van der Waals surface area contributed by atoms with Gasteiger partial charge in [-0.1, -0.05) is 106 Å². The Morgan fingerprint density at radius 1 is 0.538 bits per heavy atom. The van der Waals surface area contributed by atoms with Gasteiger partial charge in [0, 0.05) is 0 Å². The molecule has 0 aliphatic carbocycles. The van der Waals surface area contributed by atoms with Gasteiger partial charge in [0.05, 0.1) is 0 Å². The molecule has 0 fully saturated rings. The van der Waals surface area contributed by atoms with Crippen molar-refractivity contribution in [2.75, 3.05) is 0 Å². The standard InChI is InChI=1S/C26H24/c1-26(2,3)23-15-12-20(13-16-23)24-11-7-10-22-18-21(14-17-25(22)24)19-8-5-4-6-9-19/h4-18H,1-3H3. The Morgan fingerprint density at radius 3 is 1.92 bits per heavy atom. The van der Waals surface area contributed by atoms with Crippen molar-refractivity contribution in [2.24, 2.45) is 0 Å². The molecular weight excluding hydrogens is 312 g/mol. The van der Waals surface area contributed by atoms with Crippen LogP contribution in [0.2, 0.25) is 0 Å². The molecule has 4 rings (SSSR count). The van der Waals surface area contributed by atoms with Crippen LogP contribution in [-0.2, 0) is 5.41 Å². The molecule has 26 heavy (non-hydrogen) atoms. The van der Waals surface area contributed by atoms with Crippen molar-refractivity contribution in [1.82, 2.24) is 0 Å². The Labute approximate surface area is 156 Å². The first kappa shape index (κ1) is 16.6. The molecular formula is C26H24. The maximum absolute atomic E-state index is 2.29. The molecule has 0 N–H and O–H groups in total. The largest absolute Gasteiger partial charge is 0.0622 e. The van der Waals surface area contributed by atoms with Crippen LogP contribution in [0.25, 0.3) is 33.0 Å². The van der Waals surface area contributed by atoms with Gasteiger partial charge in [0.2, 0.25) is 0 Å². The van der Waals surface area contributed by atoms with Gasteiger partial charge in [-0.2, -0.15) is 0 Å². The summed E-state index contributed by atoms with van der Waals surface area (Å²) in [5, 5.41) is 2.58. The monoisotopic (exact) mass is 336 g/mol. The van der Waals surface area contributed by atoms with E-state index < -0.39 is 0 Å². The van der Waals surface area contributed by atoms with Gasteiger partial charge >= 0.3 is 0 Å². The van der Waals surface area contributed by atoms with E-state index in [0.29, 0.717) is 0 Å². The lowest BCUT2D eigenvalue weighted by atomic mass is 9.86. The van der Waals surface area contributed by atoms with Crippen LogP contribution in [0.3, 0.4) is 0 Å². The summed E-state index contributed by atoms with van der Waals surface area (Å²) < 4.78 is 0. The second-order valence-electron chi connectivity index (χ2n) is 7.93. The smallest absolute Gasteiger partial charge is 0.0105 e. The zero-order valence-electron chi connectivity index (χ0n) is 15.7. The highest BCUT2D eigenvalue weighted by molar-refractivity contribution is 5.98. The molecule has 0 spiro atoms. The van der Waals surface area contributed by atoms with Gasteiger partial charge in [0.25, 0.3) is 0 Å². The van der Waals surface area contributed by atoms with Gasteiger partial charge < -0.3 is 0 Å². The Balaban J connectivity index is 1.79. The van der Waals surface area contributed by atoms with E-state index in [4.69, 9.17) is 0 Å².